The zero-order valence-electron chi connectivity index (χ0n) is 16.1. The quantitative estimate of drug-likeness (QED) is 0.537. The molecule has 0 saturated heterocycles. The van der Waals surface area contributed by atoms with E-state index in [9.17, 15) is 10.1 Å². The highest BCUT2D eigenvalue weighted by Crippen LogP contribution is 2.33. The number of thiophene rings is 1. The van der Waals surface area contributed by atoms with Gasteiger partial charge in [0, 0.05) is 15.7 Å². The van der Waals surface area contributed by atoms with Gasteiger partial charge in [-0.3, -0.25) is 9.36 Å². The van der Waals surface area contributed by atoms with Crippen LogP contribution in [0.5, 0.6) is 0 Å². The van der Waals surface area contributed by atoms with Crippen LogP contribution in [0.2, 0.25) is 5.02 Å². The number of carbonyl (C=O) groups is 1. The molecular weight excluding hydrogens is 428 g/mol. The van der Waals surface area contributed by atoms with Gasteiger partial charge in [-0.25, -0.2) is 0 Å². The lowest BCUT2D eigenvalue weighted by Gasteiger charge is -2.16. The molecule has 29 heavy (non-hydrogen) atoms. The van der Waals surface area contributed by atoms with E-state index in [0.717, 1.165) is 16.0 Å². The molecule has 3 N–H and O–H groups in total. The number of aryl methyl sites for hydroxylation is 1. The van der Waals surface area contributed by atoms with E-state index in [4.69, 9.17) is 17.3 Å². The number of thioether (sulfide) groups is 1. The monoisotopic (exact) mass is 446 g/mol. The van der Waals surface area contributed by atoms with E-state index >= 15 is 0 Å². The second-order valence-corrected chi connectivity index (χ2v) is 8.93. The summed E-state index contributed by atoms with van der Waals surface area (Å²) in [5.74, 6) is 0.413. The second kappa shape index (κ2) is 8.86. The van der Waals surface area contributed by atoms with E-state index in [0.29, 0.717) is 26.5 Å². The standard InChI is InChI=1S/C19H19ClN6OS2/c1-10-12(3)29-17(14(10)8-21)23-16(27)11(2)26-18(22)24-25-19(26)28-9-13-6-4-5-7-15(13)20/h4-7,11H,9H2,1-3H3,(H2,22,24)(H,23,27). The summed E-state index contributed by atoms with van der Waals surface area (Å²) in [5, 5.41) is 22.0. The Balaban J connectivity index is 1.79. The first-order valence-electron chi connectivity index (χ1n) is 8.71. The molecule has 0 aliphatic rings. The van der Waals surface area contributed by atoms with E-state index < -0.39 is 6.04 Å². The van der Waals surface area contributed by atoms with Gasteiger partial charge in [0.05, 0.1) is 5.56 Å². The Hall–Kier alpha value is -2.54. The molecule has 2 aromatic heterocycles. The maximum Gasteiger partial charge on any atom is 0.248 e. The number of amides is 1. The summed E-state index contributed by atoms with van der Waals surface area (Å²) < 4.78 is 1.58. The van der Waals surface area contributed by atoms with Crippen molar-refractivity contribution in [3.05, 3.63) is 50.9 Å². The van der Waals surface area contributed by atoms with Crippen LogP contribution < -0.4 is 11.1 Å². The Labute approximate surface area is 181 Å². The summed E-state index contributed by atoms with van der Waals surface area (Å²) in [7, 11) is 0. The van der Waals surface area contributed by atoms with Crippen molar-refractivity contribution < 1.29 is 4.79 Å². The number of nitrogen functional groups attached to an aromatic ring is 1. The molecule has 1 atom stereocenters. The van der Waals surface area contributed by atoms with Crippen molar-refractivity contribution in [2.75, 3.05) is 11.1 Å². The van der Waals surface area contributed by atoms with Crippen molar-refractivity contribution in [3.63, 3.8) is 0 Å². The summed E-state index contributed by atoms with van der Waals surface area (Å²) in [6.45, 7) is 5.50. The third kappa shape index (κ3) is 4.40. The fourth-order valence-corrected chi connectivity index (χ4v) is 5.01. The first kappa shape index (κ1) is 21.2. The van der Waals surface area contributed by atoms with E-state index in [1.54, 1.807) is 11.5 Å². The number of rotatable bonds is 6. The first-order chi connectivity index (χ1) is 13.8. The first-order valence-corrected chi connectivity index (χ1v) is 10.9. The molecule has 0 spiro atoms. The number of hydrogen-bond acceptors (Lipinski definition) is 7. The Morgan fingerprint density at radius 3 is 2.83 bits per heavy atom. The highest BCUT2D eigenvalue weighted by Gasteiger charge is 2.24. The number of halogens is 1. The van der Waals surface area contributed by atoms with Crippen molar-refractivity contribution in [2.24, 2.45) is 0 Å². The van der Waals surface area contributed by atoms with Crippen LogP contribution in [0, 0.1) is 25.2 Å². The largest absolute Gasteiger partial charge is 0.368 e. The molecule has 1 amide bonds. The summed E-state index contributed by atoms with van der Waals surface area (Å²) >= 11 is 8.99. The Morgan fingerprint density at radius 1 is 1.41 bits per heavy atom. The van der Waals surface area contributed by atoms with Crippen LogP contribution in [0.15, 0.2) is 29.4 Å². The SMILES string of the molecule is Cc1sc(NC(=O)C(C)n2c(N)nnc2SCc2ccccc2Cl)c(C#N)c1C. The summed E-state index contributed by atoms with van der Waals surface area (Å²) in [4.78, 5) is 13.8. The molecule has 0 saturated carbocycles. The van der Waals surface area contributed by atoms with Crippen LogP contribution in [0.4, 0.5) is 10.9 Å². The molecule has 0 aliphatic heterocycles. The molecule has 150 valence electrons. The van der Waals surface area contributed by atoms with Gasteiger partial charge in [-0.1, -0.05) is 41.6 Å². The third-order valence-electron chi connectivity index (χ3n) is 4.51. The fraction of sp³-hybridized carbons (Fsp3) is 0.263. The third-order valence-corrected chi connectivity index (χ3v) is 6.99. The van der Waals surface area contributed by atoms with Crippen LogP contribution in [0.25, 0.3) is 0 Å². The number of nitrogens with two attached hydrogens (primary N) is 1. The molecule has 1 aromatic carbocycles. The van der Waals surface area contributed by atoms with Crippen molar-refractivity contribution in [1.29, 1.82) is 5.26 Å². The van der Waals surface area contributed by atoms with E-state index in [1.807, 2.05) is 38.1 Å². The van der Waals surface area contributed by atoms with E-state index in [1.165, 1.54) is 23.1 Å². The topological polar surface area (TPSA) is 110 Å². The van der Waals surface area contributed by atoms with Gasteiger partial charge >= 0.3 is 0 Å². The van der Waals surface area contributed by atoms with Crippen LogP contribution in [-0.4, -0.2) is 20.7 Å². The number of nitriles is 1. The average molecular weight is 447 g/mol. The molecule has 0 fully saturated rings. The van der Waals surface area contributed by atoms with Crippen LogP contribution in [0.3, 0.4) is 0 Å². The number of aromatic nitrogens is 3. The lowest BCUT2D eigenvalue weighted by Crippen LogP contribution is -2.25. The minimum absolute atomic E-state index is 0.147. The maximum atomic E-state index is 12.9. The fourth-order valence-electron chi connectivity index (χ4n) is 2.69. The molecule has 0 bridgehead atoms. The Kier molecular flexibility index (Phi) is 6.47. The van der Waals surface area contributed by atoms with Gasteiger partial charge < -0.3 is 11.1 Å². The van der Waals surface area contributed by atoms with Gasteiger partial charge in [0.25, 0.3) is 0 Å². The number of hydrogen-bond donors (Lipinski definition) is 2. The molecule has 2 heterocycles. The predicted octanol–water partition coefficient (Wildman–Crippen LogP) is 4.56. The highest BCUT2D eigenvalue weighted by atomic mass is 35.5. The van der Waals surface area contributed by atoms with Gasteiger partial charge in [-0.15, -0.1) is 21.5 Å². The summed E-state index contributed by atoms with van der Waals surface area (Å²) in [5.41, 5.74) is 8.29. The lowest BCUT2D eigenvalue weighted by molar-refractivity contribution is -0.118. The Bertz CT molecular complexity index is 1100. The van der Waals surface area contributed by atoms with Gasteiger partial charge in [0.1, 0.15) is 17.1 Å². The number of nitrogens with one attached hydrogen (secondary N) is 1. The molecular formula is C19H19ClN6OS2. The van der Waals surface area contributed by atoms with Crippen molar-refractivity contribution >= 4 is 51.6 Å². The molecule has 0 aliphatic carbocycles. The summed E-state index contributed by atoms with van der Waals surface area (Å²) in [6.07, 6.45) is 0. The van der Waals surface area contributed by atoms with E-state index in [2.05, 4.69) is 21.6 Å². The minimum atomic E-state index is -0.659. The molecule has 3 rings (SSSR count). The van der Waals surface area contributed by atoms with Crippen LogP contribution >= 0.6 is 34.7 Å². The highest BCUT2D eigenvalue weighted by molar-refractivity contribution is 7.98. The molecule has 10 heteroatoms. The average Bonchev–Trinajstić information content (AvgIpc) is 3.19. The van der Waals surface area contributed by atoms with E-state index in [-0.39, 0.29) is 11.9 Å². The van der Waals surface area contributed by atoms with Gasteiger partial charge in [-0.05, 0) is 38.0 Å². The predicted molar refractivity (Wildman–Crippen MR) is 117 cm³/mol. The molecule has 1 unspecified atom stereocenters. The number of carbonyl (C=O) groups excluding carboxylic acids is 1. The number of benzene rings is 1. The van der Waals surface area contributed by atoms with Gasteiger partial charge in [0.15, 0.2) is 5.16 Å². The van der Waals surface area contributed by atoms with Crippen LogP contribution in [0.1, 0.15) is 34.5 Å². The summed E-state index contributed by atoms with van der Waals surface area (Å²) in [6, 6.07) is 9.03. The maximum absolute atomic E-state index is 12.9. The zero-order chi connectivity index (χ0) is 21.1. The normalized spacial score (nSPS) is 11.8. The van der Waals surface area contributed by atoms with Crippen molar-refractivity contribution in [1.82, 2.24) is 14.8 Å². The van der Waals surface area contributed by atoms with Crippen molar-refractivity contribution in [2.45, 2.75) is 37.7 Å². The van der Waals surface area contributed by atoms with Crippen molar-refractivity contribution in [3.8, 4) is 6.07 Å². The van der Waals surface area contributed by atoms with Gasteiger partial charge in [-0.2, -0.15) is 5.26 Å². The lowest BCUT2D eigenvalue weighted by atomic mass is 10.2. The molecule has 7 nitrogen and oxygen atoms in total. The minimum Gasteiger partial charge on any atom is -0.368 e. The second-order valence-electron chi connectivity index (χ2n) is 6.36. The smallest absolute Gasteiger partial charge is 0.248 e. The zero-order valence-corrected chi connectivity index (χ0v) is 18.5. The Morgan fingerprint density at radius 2 is 2.14 bits per heavy atom. The van der Waals surface area contributed by atoms with Crippen LogP contribution in [-0.2, 0) is 10.5 Å². The molecule has 0 radical (unpaired) electrons. The number of nitrogens with zero attached hydrogens (tertiary/aromatic N) is 4. The van der Waals surface area contributed by atoms with Gasteiger partial charge in [0.2, 0.25) is 11.9 Å². The molecule has 3 aromatic rings. The number of anilines is 2.